The molecule has 0 radical (unpaired) electrons. The molecule has 1 aliphatic heterocycles. The largest absolute Gasteiger partial charge is 0.488 e. The quantitative estimate of drug-likeness (QED) is 0.895. The van der Waals surface area contributed by atoms with Gasteiger partial charge in [0.25, 0.3) is 0 Å². The highest BCUT2D eigenvalue weighted by Gasteiger charge is 2.19. The molecule has 1 aliphatic rings. The Labute approximate surface area is 126 Å². The molecule has 1 atom stereocenters. The van der Waals surface area contributed by atoms with Crippen molar-refractivity contribution in [1.82, 2.24) is 10.6 Å². The van der Waals surface area contributed by atoms with E-state index in [0.717, 1.165) is 24.4 Å². The predicted octanol–water partition coefficient (Wildman–Crippen LogP) is 2.62. The van der Waals surface area contributed by atoms with Gasteiger partial charge in [0.1, 0.15) is 17.5 Å². The lowest BCUT2D eigenvalue weighted by atomic mass is 10.1. The fraction of sp³-hybridized carbons (Fsp3) is 0.562. The van der Waals surface area contributed by atoms with E-state index in [2.05, 4.69) is 10.6 Å². The Kier molecular flexibility index (Phi) is 4.73. The zero-order valence-electron chi connectivity index (χ0n) is 13.1. The zero-order valence-corrected chi connectivity index (χ0v) is 13.1. The molecule has 1 heterocycles. The highest BCUT2D eigenvalue weighted by atomic mass is 16.6. The topological polar surface area (TPSA) is 59.6 Å². The zero-order chi connectivity index (χ0) is 15.5. The average molecular weight is 292 g/mol. The van der Waals surface area contributed by atoms with Crippen molar-refractivity contribution in [1.29, 1.82) is 0 Å². The van der Waals surface area contributed by atoms with Gasteiger partial charge in [-0.1, -0.05) is 12.1 Å². The molecule has 5 nitrogen and oxygen atoms in total. The number of hydrogen-bond acceptors (Lipinski definition) is 4. The monoisotopic (exact) mass is 292 g/mol. The second kappa shape index (κ2) is 6.35. The fourth-order valence-corrected chi connectivity index (χ4v) is 1.94. The summed E-state index contributed by atoms with van der Waals surface area (Å²) in [5.74, 6) is 0.856. The van der Waals surface area contributed by atoms with Gasteiger partial charge in [0, 0.05) is 13.1 Å². The van der Waals surface area contributed by atoms with Crippen LogP contribution in [0.4, 0.5) is 4.79 Å². The second-order valence-electron chi connectivity index (χ2n) is 6.34. The van der Waals surface area contributed by atoms with Gasteiger partial charge in [0.15, 0.2) is 0 Å². The van der Waals surface area contributed by atoms with Crippen LogP contribution in [-0.2, 0) is 4.74 Å². The summed E-state index contributed by atoms with van der Waals surface area (Å²) in [7, 11) is 0. The first-order chi connectivity index (χ1) is 9.83. The Morgan fingerprint density at radius 1 is 1.29 bits per heavy atom. The summed E-state index contributed by atoms with van der Waals surface area (Å²) >= 11 is 0. The lowest BCUT2D eigenvalue weighted by Crippen LogP contribution is -2.50. The third-order valence-electron chi connectivity index (χ3n) is 3.16. The highest BCUT2D eigenvalue weighted by molar-refractivity contribution is 5.68. The molecule has 0 saturated carbocycles. The summed E-state index contributed by atoms with van der Waals surface area (Å²) in [5.41, 5.74) is 0.526. The summed E-state index contributed by atoms with van der Waals surface area (Å²) in [6.45, 7) is 9.27. The molecule has 21 heavy (non-hydrogen) atoms. The van der Waals surface area contributed by atoms with Crippen molar-refractivity contribution in [3.05, 3.63) is 29.8 Å². The van der Waals surface area contributed by atoms with E-state index in [1.165, 1.54) is 0 Å². The Morgan fingerprint density at radius 2 is 1.90 bits per heavy atom. The fourth-order valence-electron chi connectivity index (χ4n) is 1.94. The number of alkyl carbamates (subject to hydrolysis) is 1. The van der Waals surface area contributed by atoms with Crippen LogP contribution >= 0.6 is 0 Å². The summed E-state index contributed by atoms with van der Waals surface area (Å²) < 4.78 is 11.0. The van der Waals surface area contributed by atoms with Gasteiger partial charge in [-0.05, 0) is 45.4 Å². The molecule has 1 saturated heterocycles. The molecule has 5 heteroatoms. The standard InChI is InChI=1S/C16H24N2O3/c1-11(18-15(19)21-16(2,3)4)12-5-7-13(8-6-12)20-14-9-17-10-14/h5-8,11,14,17H,9-10H2,1-4H3,(H,18,19)/t11-/m0/s1. The summed E-state index contributed by atoms with van der Waals surface area (Å²) in [6, 6.07) is 7.67. The van der Waals surface area contributed by atoms with Gasteiger partial charge in [0.2, 0.25) is 0 Å². The van der Waals surface area contributed by atoms with E-state index >= 15 is 0 Å². The van der Waals surface area contributed by atoms with E-state index in [1.54, 1.807) is 0 Å². The van der Waals surface area contributed by atoms with E-state index in [0.29, 0.717) is 0 Å². The number of nitrogens with one attached hydrogen (secondary N) is 2. The molecule has 0 unspecified atom stereocenters. The Hall–Kier alpha value is -1.75. The van der Waals surface area contributed by atoms with E-state index in [-0.39, 0.29) is 12.1 Å². The van der Waals surface area contributed by atoms with Crippen molar-refractivity contribution in [2.45, 2.75) is 45.4 Å². The molecule has 1 fully saturated rings. The first kappa shape index (κ1) is 15.6. The number of carbonyl (C=O) groups is 1. The number of hydrogen-bond donors (Lipinski definition) is 2. The Balaban J connectivity index is 1.86. The molecule has 1 aromatic rings. The van der Waals surface area contributed by atoms with Crippen molar-refractivity contribution in [2.24, 2.45) is 0 Å². The molecule has 2 N–H and O–H groups in total. The molecule has 0 aromatic heterocycles. The van der Waals surface area contributed by atoms with Crippen LogP contribution in [0.2, 0.25) is 0 Å². The minimum atomic E-state index is -0.488. The number of ether oxygens (including phenoxy) is 2. The van der Waals surface area contributed by atoms with E-state index < -0.39 is 11.7 Å². The third kappa shape index (κ3) is 4.93. The molecule has 1 amide bonds. The number of carbonyl (C=O) groups excluding carboxylic acids is 1. The van der Waals surface area contributed by atoms with E-state index in [1.807, 2.05) is 52.0 Å². The van der Waals surface area contributed by atoms with E-state index in [4.69, 9.17) is 9.47 Å². The van der Waals surface area contributed by atoms with Crippen molar-refractivity contribution in [3.8, 4) is 5.75 Å². The van der Waals surface area contributed by atoms with Gasteiger partial charge in [0.05, 0.1) is 6.04 Å². The van der Waals surface area contributed by atoms with Crippen molar-refractivity contribution in [3.63, 3.8) is 0 Å². The van der Waals surface area contributed by atoms with Crippen LogP contribution in [-0.4, -0.2) is 30.9 Å². The van der Waals surface area contributed by atoms with Gasteiger partial charge in [-0.15, -0.1) is 0 Å². The van der Waals surface area contributed by atoms with Crippen LogP contribution in [0.1, 0.15) is 39.3 Å². The first-order valence-corrected chi connectivity index (χ1v) is 7.30. The molecule has 0 spiro atoms. The normalized spacial score (nSPS) is 16.8. The third-order valence-corrected chi connectivity index (χ3v) is 3.16. The van der Waals surface area contributed by atoms with Crippen LogP contribution in [0.15, 0.2) is 24.3 Å². The maximum absolute atomic E-state index is 11.7. The minimum Gasteiger partial charge on any atom is -0.488 e. The van der Waals surface area contributed by atoms with E-state index in [9.17, 15) is 4.79 Å². The second-order valence-corrected chi connectivity index (χ2v) is 6.34. The van der Waals surface area contributed by atoms with Crippen molar-refractivity contribution >= 4 is 6.09 Å². The molecule has 2 rings (SSSR count). The van der Waals surface area contributed by atoms with Gasteiger partial charge in [-0.2, -0.15) is 0 Å². The van der Waals surface area contributed by atoms with Crippen LogP contribution in [0.3, 0.4) is 0 Å². The van der Waals surface area contributed by atoms with Crippen LogP contribution in [0.25, 0.3) is 0 Å². The van der Waals surface area contributed by atoms with Crippen LogP contribution < -0.4 is 15.4 Å². The van der Waals surface area contributed by atoms with Crippen molar-refractivity contribution in [2.75, 3.05) is 13.1 Å². The number of rotatable bonds is 4. The lowest BCUT2D eigenvalue weighted by molar-refractivity contribution is 0.0508. The lowest BCUT2D eigenvalue weighted by Gasteiger charge is -2.28. The van der Waals surface area contributed by atoms with Crippen LogP contribution in [0.5, 0.6) is 5.75 Å². The number of amides is 1. The molecular weight excluding hydrogens is 268 g/mol. The van der Waals surface area contributed by atoms with Gasteiger partial charge in [-0.25, -0.2) is 4.79 Å². The maximum Gasteiger partial charge on any atom is 0.408 e. The molecule has 0 aliphatic carbocycles. The predicted molar refractivity (Wildman–Crippen MR) is 81.5 cm³/mol. The summed E-state index contributed by atoms with van der Waals surface area (Å²) in [5, 5.41) is 5.99. The average Bonchev–Trinajstić information content (AvgIpc) is 2.32. The highest BCUT2D eigenvalue weighted by Crippen LogP contribution is 2.19. The summed E-state index contributed by atoms with van der Waals surface area (Å²) in [6.07, 6.45) is -0.135. The van der Waals surface area contributed by atoms with Gasteiger partial charge >= 0.3 is 6.09 Å². The first-order valence-electron chi connectivity index (χ1n) is 7.30. The SMILES string of the molecule is C[C@H](NC(=O)OC(C)(C)C)c1ccc(OC2CNC2)cc1. The Morgan fingerprint density at radius 3 is 2.38 bits per heavy atom. The minimum absolute atomic E-state index is 0.112. The maximum atomic E-state index is 11.7. The summed E-state index contributed by atoms with van der Waals surface area (Å²) in [4.78, 5) is 11.7. The van der Waals surface area contributed by atoms with Gasteiger partial charge in [-0.3, -0.25) is 0 Å². The van der Waals surface area contributed by atoms with Crippen LogP contribution in [0, 0.1) is 0 Å². The van der Waals surface area contributed by atoms with Gasteiger partial charge < -0.3 is 20.1 Å². The van der Waals surface area contributed by atoms with Crippen molar-refractivity contribution < 1.29 is 14.3 Å². The molecular formula is C16H24N2O3. The number of benzene rings is 1. The molecule has 116 valence electrons. The molecule has 1 aromatic carbocycles. The molecule has 0 bridgehead atoms. The Bertz CT molecular complexity index is 475. The smallest absolute Gasteiger partial charge is 0.408 e.